The molecule has 0 saturated carbocycles. The van der Waals surface area contributed by atoms with Gasteiger partial charge in [0, 0.05) is 6.54 Å². The molecule has 2 rings (SSSR count). The molecule has 78 valence electrons. The topological polar surface area (TPSA) is 57.6 Å². The van der Waals surface area contributed by atoms with Crippen LogP contribution >= 0.6 is 0 Å². The maximum Gasteiger partial charge on any atom is 0.326 e. The van der Waals surface area contributed by atoms with Gasteiger partial charge in [-0.05, 0) is 24.7 Å². The number of allylic oxidation sites excluding steroid dienone is 2. The molecule has 0 aromatic rings. The molecule has 1 aliphatic heterocycles. The quantitative estimate of drug-likeness (QED) is 0.504. The first-order valence-corrected chi connectivity index (χ1v) is 5.05. The number of carbonyl (C=O) groups excluding carboxylic acids is 1. The minimum atomic E-state index is -0.948. The molecule has 1 heterocycles. The minimum Gasteiger partial charge on any atom is -0.480 e. The summed E-state index contributed by atoms with van der Waals surface area (Å²) < 4.78 is 0. The van der Waals surface area contributed by atoms with Crippen molar-refractivity contribution in [3.8, 4) is 0 Å². The van der Waals surface area contributed by atoms with Crippen molar-refractivity contribution in [3.05, 3.63) is 12.2 Å². The molecule has 5 heteroatoms. The van der Waals surface area contributed by atoms with Crippen molar-refractivity contribution in [2.24, 2.45) is 11.8 Å². The molecule has 0 aromatic heterocycles. The minimum absolute atomic E-state index is 0.0278. The van der Waals surface area contributed by atoms with Crippen LogP contribution in [0.5, 0.6) is 0 Å². The first-order chi connectivity index (χ1) is 7.11. The molecule has 1 N–H and O–H groups in total. The van der Waals surface area contributed by atoms with E-state index in [1.165, 1.54) is 4.90 Å². The molecule has 1 amide bonds. The Bertz CT molecular complexity index is 329. The van der Waals surface area contributed by atoms with Gasteiger partial charge in [0.2, 0.25) is 7.85 Å². The number of rotatable bonds is 1. The predicted octanol–water partition coefficient (Wildman–Crippen LogP) is 0.626. The molecule has 1 aliphatic carbocycles. The van der Waals surface area contributed by atoms with Gasteiger partial charge in [-0.2, -0.15) is 0 Å². The standard InChI is InChI=1S/C10H12BNO3/c11-10(15)12-5-6-3-1-2-4-7(6)8(12)9(13)14/h1-2,6-8H,3-5H2,(H,13,14)/t6?,7?,8-/m0/s1. The SMILES string of the molecule is [B]C(=O)N1CC2CC=CCC2[C@H]1C(=O)O. The lowest BCUT2D eigenvalue weighted by Gasteiger charge is -2.24. The van der Waals surface area contributed by atoms with Gasteiger partial charge >= 0.3 is 5.97 Å². The maximum absolute atomic E-state index is 11.1. The summed E-state index contributed by atoms with van der Waals surface area (Å²) in [7, 11) is 5.18. The van der Waals surface area contributed by atoms with Crippen LogP contribution in [-0.2, 0) is 4.79 Å². The number of carbonyl (C=O) groups is 2. The van der Waals surface area contributed by atoms with Crippen molar-refractivity contribution in [3.63, 3.8) is 0 Å². The Morgan fingerprint density at radius 3 is 2.60 bits per heavy atom. The van der Waals surface area contributed by atoms with Crippen molar-refractivity contribution >= 4 is 19.6 Å². The van der Waals surface area contributed by atoms with Crippen molar-refractivity contribution < 1.29 is 14.7 Å². The summed E-state index contributed by atoms with van der Waals surface area (Å²) in [4.78, 5) is 23.5. The molecular weight excluding hydrogens is 193 g/mol. The van der Waals surface area contributed by atoms with E-state index in [4.69, 9.17) is 13.0 Å². The van der Waals surface area contributed by atoms with Gasteiger partial charge in [-0.15, -0.1) is 0 Å². The van der Waals surface area contributed by atoms with Gasteiger partial charge in [-0.25, -0.2) is 4.79 Å². The molecule has 0 spiro atoms. The average Bonchev–Trinajstić information content (AvgIpc) is 2.56. The second-order valence-corrected chi connectivity index (χ2v) is 4.14. The second kappa shape index (κ2) is 3.72. The van der Waals surface area contributed by atoms with E-state index >= 15 is 0 Å². The lowest BCUT2D eigenvalue weighted by molar-refractivity contribution is -0.142. The number of amides is 1. The first-order valence-electron chi connectivity index (χ1n) is 5.05. The van der Waals surface area contributed by atoms with Gasteiger partial charge in [-0.1, -0.05) is 12.2 Å². The van der Waals surface area contributed by atoms with Crippen LogP contribution in [0.3, 0.4) is 0 Å². The van der Waals surface area contributed by atoms with Gasteiger partial charge in [-0.3, -0.25) is 4.79 Å². The van der Waals surface area contributed by atoms with Gasteiger partial charge in [0.1, 0.15) is 6.04 Å². The largest absolute Gasteiger partial charge is 0.480 e. The second-order valence-electron chi connectivity index (χ2n) is 4.14. The number of carboxylic acid groups (broad SMARTS) is 1. The molecule has 15 heavy (non-hydrogen) atoms. The third-order valence-corrected chi connectivity index (χ3v) is 3.33. The zero-order valence-corrected chi connectivity index (χ0v) is 8.30. The van der Waals surface area contributed by atoms with Crippen LogP contribution in [0.1, 0.15) is 12.8 Å². The summed E-state index contributed by atoms with van der Waals surface area (Å²) in [6.45, 7) is 0.474. The molecule has 2 aliphatic rings. The van der Waals surface area contributed by atoms with E-state index in [9.17, 15) is 9.59 Å². The number of likely N-dealkylation sites (tertiary alicyclic amines) is 1. The van der Waals surface area contributed by atoms with Gasteiger partial charge in [0.25, 0.3) is 0 Å². The molecule has 0 bridgehead atoms. The van der Waals surface area contributed by atoms with Crippen LogP contribution in [0.15, 0.2) is 12.2 Å². The van der Waals surface area contributed by atoms with E-state index in [-0.39, 0.29) is 11.8 Å². The van der Waals surface area contributed by atoms with Crippen molar-refractivity contribution in [2.45, 2.75) is 18.9 Å². The Balaban J connectivity index is 2.24. The zero-order chi connectivity index (χ0) is 11.0. The lowest BCUT2D eigenvalue weighted by atomic mass is 9.82. The predicted molar refractivity (Wildman–Crippen MR) is 54.6 cm³/mol. The fourth-order valence-electron chi connectivity index (χ4n) is 2.63. The third kappa shape index (κ3) is 1.66. The molecule has 3 atom stereocenters. The molecule has 2 unspecified atom stereocenters. The maximum atomic E-state index is 11.1. The van der Waals surface area contributed by atoms with Crippen molar-refractivity contribution in [2.75, 3.05) is 6.54 Å². The smallest absolute Gasteiger partial charge is 0.326 e. The number of carboxylic acids is 1. The number of fused-ring (bicyclic) bond motifs is 1. The highest BCUT2D eigenvalue weighted by atomic mass is 16.4. The molecular formula is C10H12BNO3. The summed E-state index contributed by atoms with van der Waals surface area (Å²) in [5.41, 5.74) is 0. The Morgan fingerprint density at radius 2 is 2.00 bits per heavy atom. The van der Waals surface area contributed by atoms with Crippen molar-refractivity contribution in [1.29, 1.82) is 0 Å². The summed E-state index contributed by atoms with van der Waals surface area (Å²) in [6, 6.07) is -0.738. The monoisotopic (exact) mass is 205 g/mol. The number of hydrogen-bond acceptors (Lipinski definition) is 2. The molecule has 2 radical (unpaired) electrons. The van der Waals surface area contributed by atoms with E-state index in [0.29, 0.717) is 6.54 Å². The highest BCUT2D eigenvalue weighted by Gasteiger charge is 2.46. The van der Waals surface area contributed by atoms with Crippen LogP contribution < -0.4 is 0 Å². The van der Waals surface area contributed by atoms with Crippen molar-refractivity contribution in [1.82, 2.24) is 4.90 Å². The van der Waals surface area contributed by atoms with E-state index in [1.807, 2.05) is 12.2 Å². The first kappa shape index (κ1) is 10.3. The Hall–Kier alpha value is -1.26. The molecule has 4 nitrogen and oxygen atoms in total. The Kier molecular flexibility index (Phi) is 2.55. The van der Waals surface area contributed by atoms with E-state index in [0.717, 1.165) is 12.8 Å². The molecule has 1 saturated heterocycles. The van der Waals surface area contributed by atoms with E-state index in [2.05, 4.69) is 0 Å². The highest BCUT2D eigenvalue weighted by molar-refractivity contribution is 6.57. The Labute approximate surface area is 89.4 Å². The van der Waals surface area contributed by atoms with Crippen LogP contribution in [0.25, 0.3) is 0 Å². The van der Waals surface area contributed by atoms with Gasteiger partial charge < -0.3 is 10.0 Å². The number of nitrogens with zero attached hydrogens (tertiary/aromatic N) is 1. The van der Waals surface area contributed by atoms with Gasteiger partial charge in [0.15, 0.2) is 5.81 Å². The normalized spacial score (nSPS) is 33.9. The van der Waals surface area contributed by atoms with Crippen LogP contribution in [0.4, 0.5) is 4.79 Å². The van der Waals surface area contributed by atoms with E-state index < -0.39 is 17.8 Å². The number of aliphatic carboxylic acids is 1. The summed E-state index contributed by atoms with van der Waals surface area (Å²) in [6.07, 6.45) is 5.61. The summed E-state index contributed by atoms with van der Waals surface area (Å²) >= 11 is 0. The van der Waals surface area contributed by atoms with Crippen LogP contribution in [-0.4, -0.2) is 42.2 Å². The summed E-state index contributed by atoms with van der Waals surface area (Å²) in [5, 5.41) is 9.10. The van der Waals surface area contributed by atoms with Crippen LogP contribution in [0, 0.1) is 11.8 Å². The Morgan fingerprint density at radius 1 is 1.33 bits per heavy atom. The third-order valence-electron chi connectivity index (χ3n) is 3.33. The van der Waals surface area contributed by atoms with Gasteiger partial charge in [0.05, 0.1) is 0 Å². The van der Waals surface area contributed by atoms with E-state index in [1.54, 1.807) is 0 Å². The zero-order valence-electron chi connectivity index (χ0n) is 8.30. The fraction of sp³-hybridized carbons (Fsp3) is 0.600. The van der Waals surface area contributed by atoms with Crippen LogP contribution in [0.2, 0.25) is 0 Å². The highest BCUT2D eigenvalue weighted by Crippen LogP contribution is 2.37. The molecule has 0 aromatic carbocycles. The number of hydrogen-bond donors (Lipinski definition) is 1. The average molecular weight is 205 g/mol. The lowest BCUT2D eigenvalue weighted by Crippen LogP contribution is -2.42. The molecule has 1 fully saturated rings. The summed E-state index contributed by atoms with van der Waals surface area (Å²) in [5.74, 6) is -1.29. The fourth-order valence-corrected chi connectivity index (χ4v) is 2.63.